The Labute approximate surface area is 172 Å². The smallest absolute Gasteiger partial charge is 0.114 e. The molecule has 0 aromatic rings. The number of unbranched alkanes of at least 4 members (excludes halogenated alkanes) is 12. The van der Waals surface area contributed by atoms with Crippen LogP contribution in [0.1, 0.15) is 90.4 Å². The Kier molecular flexibility index (Phi) is 15.9. The highest BCUT2D eigenvalue weighted by Gasteiger charge is 2.38. The Balaban J connectivity index is 1.85. The van der Waals surface area contributed by atoms with Crippen LogP contribution >= 0.6 is 0 Å². The van der Waals surface area contributed by atoms with Gasteiger partial charge in [0, 0.05) is 6.61 Å². The summed E-state index contributed by atoms with van der Waals surface area (Å²) in [6.07, 6.45) is 17.9. The molecule has 1 aliphatic rings. The van der Waals surface area contributed by atoms with Crippen molar-refractivity contribution < 1.29 is 24.8 Å². The zero-order chi connectivity index (χ0) is 20.5. The van der Waals surface area contributed by atoms with E-state index in [4.69, 9.17) is 14.6 Å². The molecule has 5 nitrogen and oxygen atoms in total. The predicted molar refractivity (Wildman–Crippen MR) is 113 cm³/mol. The maximum atomic E-state index is 10.1. The summed E-state index contributed by atoms with van der Waals surface area (Å²) < 4.78 is 10.8. The lowest BCUT2D eigenvalue weighted by Crippen LogP contribution is -2.55. The summed E-state index contributed by atoms with van der Waals surface area (Å²) in [5, 5.41) is 29.1. The summed E-state index contributed by atoms with van der Waals surface area (Å²) in [7, 11) is 0. The average Bonchev–Trinajstić information content (AvgIpc) is 2.70. The van der Waals surface area contributed by atoms with Crippen molar-refractivity contribution in [3.63, 3.8) is 0 Å². The van der Waals surface area contributed by atoms with E-state index in [0.717, 1.165) is 12.8 Å². The van der Waals surface area contributed by atoms with Gasteiger partial charge in [-0.1, -0.05) is 76.4 Å². The third kappa shape index (κ3) is 11.5. The second-order valence-electron chi connectivity index (χ2n) is 8.05. The molecule has 28 heavy (non-hydrogen) atoms. The zero-order valence-corrected chi connectivity index (χ0v) is 17.9. The van der Waals surface area contributed by atoms with E-state index in [2.05, 4.69) is 19.1 Å². The van der Waals surface area contributed by atoms with E-state index in [-0.39, 0.29) is 13.2 Å². The molecule has 4 atom stereocenters. The number of hydrogen-bond donors (Lipinski definition) is 3. The van der Waals surface area contributed by atoms with Crippen LogP contribution in [0.2, 0.25) is 0 Å². The van der Waals surface area contributed by atoms with Gasteiger partial charge in [0.15, 0.2) is 0 Å². The van der Waals surface area contributed by atoms with Gasteiger partial charge >= 0.3 is 0 Å². The van der Waals surface area contributed by atoms with Crippen LogP contribution in [-0.2, 0) is 9.47 Å². The Morgan fingerprint density at radius 1 is 0.857 bits per heavy atom. The maximum absolute atomic E-state index is 10.1. The van der Waals surface area contributed by atoms with Crippen LogP contribution in [0.15, 0.2) is 12.2 Å². The van der Waals surface area contributed by atoms with Crippen LogP contribution in [0.5, 0.6) is 0 Å². The number of aliphatic hydroxyl groups excluding tert-OH is 3. The molecule has 0 amide bonds. The largest absolute Gasteiger partial charge is 0.394 e. The van der Waals surface area contributed by atoms with Gasteiger partial charge in [0.25, 0.3) is 0 Å². The van der Waals surface area contributed by atoms with Crippen molar-refractivity contribution in [3.05, 3.63) is 12.2 Å². The zero-order valence-electron chi connectivity index (χ0n) is 17.9. The minimum atomic E-state index is -0.970. The van der Waals surface area contributed by atoms with Gasteiger partial charge in [0.05, 0.1) is 13.2 Å². The van der Waals surface area contributed by atoms with Gasteiger partial charge in [-0.15, -0.1) is 0 Å². The lowest BCUT2D eigenvalue weighted by Gasteiger charge is -2.37. The first-order valence-corrected chi connectivity index (χ1v) is 11.5. The molecule has 1 saturated heterocycles. The number of rotatable bonds is 17. The van der Waals surface area contributed by atoms with Crippen molar-refractivity contribution in [2.75, 3.05) is 19.8 Å². The molecule has 0 aromatic carbocycles. The third-order valence-electron chi connectivity index (χ3n) is 5.57. The van der Waals surface area contributed by atoms with Crippen molar-refractivity contribution in [3.8, 4) is 0 Å². The fourth-order valence-electron chi connectivity index (χ4n) is 3.74. The van der Waals surface area contributed by atoms with Gasteiger partial charge in [-0.2, -0.15) is 0 Å². The molecule has 0 aliphatic carbocycles. The fraction of sp³-hybridized carbons (Fsp3) is 0.913. The molecule has 1 heterocycles. The second kappa shape index (κ2) is 17.4. The van der Waals surface area contributed by atoms with Crippen LogP contribution < -0.4 is 0 Å². The molecular weight excluding hydrogens is 356 g/mol. The van der Waals surface area contributed by atoms with E-state index in [1.165, 1.54) is 70.6 Å². The van der Waals surface area contributed by atoms with Crippen LogP contribution in [0, 0.1) is 0 Å². The van der Waals surface area contributed by atoms with E-state index < -0.39 is 24.4 Å². The van der Waals surface area contributed by atoms with Crippen molar-refractivity contribution in [2.45, 2.75) is 115 Å². The first-order valence-electron chi connectivity index (χ1n) is 11.5. The van der Waals surface area contributed by atoms with Crippen LogP contribution in [0.4, 0.5) is 0 Å². The molecule has 0 radical (unpaired) electrons. The van der Waals surface area contributed by atoms with Gasteiger partial charge in [-0.3, -0.25) is 0 Å². The van der Waals surface area contributed by atoms with Gasteiger partial charge in [0.1, 0.15) is 24.4 Å². The summed E-state index contributed by atoms with van der Waals surface area (Å²) in [5.74, 6) is 0. The predicted octanol–water partition coefficient (Wildman–Crippen LogP) is 4.13. The molecule has 1 fully saturated rings. The summed E-state index contributed by atoms with van der Waals surface area (Å²) >= 11 is 0. The van der Waals surface area contributed by atoms with Crippen molar-refractivity contribution in [1.29, 1.82) is 0 Å². The van der Waals surface area contributed by atoms with Crippen molar-refractivity contribution in [1.82, 2.24) is 0 Å². The summed E-state index contributed by atoms with van der Waals surface area (Å²) in [6, 6.07) is 0. The standard InChI is InChI=1S/C23H44O5/c1-2-3-4-5-6-7-8-9-10-11-12-13-14-15-16-17-27-23-20(25)19-28-21(18-24)22(23)26/h2-3,20-26H,4-19H2,1H3/b3-2+/t20-,21+,22+,23+/m1/s1. The second-order valence-corrected chi connectivity index (χ2v) is 8.05. The molecule has 1 rings (SSSR count). The van der Waals surface area contributed by atoms with Crippen LogP contribution in [0.3, 0.4) is 0 Å². The summed E-state index contributed by atoms with van der Waals surface area (Å²) in [6.45, 7) is 2.46. The monoisotopic (exact) mass is 400 g/mol. The van der Waals surface area contributed by atoms with Crippen molar-refractivity contribution >= 4 is 0 Å². The summed E-state index contributed by atoms with van der Waals surface area (Å²) in [4.78, 5) is 0. The minimum Gasteiger partial charge on any atom is -0.394 e. The van der Waals surface area contributed by atoms with Crippen LogP contribution in [-0.4, -0.2) is 59.6 Å². The number of hydrogen-bond acceptors (Lipinski definition) is 5. The fourth-order valence-corrected chi connectivity index (χ4v) is 3.74. The lowest BCUT2D eigenvalue weighted by molar-refractivity contribution is -0.210. The molecule has 5 heteroatoms. The Morgan fingerprint density at radius 3 is 1.93 bits per heavy atom. The molecule has 3 N–H and O–H groups in total. The molecule has 0 spiro atoms. The highest BCUT2D eigenvalue weighted by Crippen LogP contribution is 2.19. The van der Waals surface area contributed by atoms with Gasteiger partial charge in [0.2, 0.25) is 0 Å². The van der Waals surface area contributed by atoms with E-state index in [1.807, 2.05) is 0 Å². The Bertz CT molecular complexity index is 374. The van der Waals surface area contributed by atoms with E-state index in [0.29, 0.717) is 6.61 Å². The molecule has 0 bridgehead atoms. The molecule has 166 valence electrons. The summed E-state index contributed by atoms with van der Waals surface area (Å²) in [5.41, 5.74) is 0. The van der Waals surface area contributed by atoms with Crippen LogP contribution in [0.25, 0.3) is 0 Å². The van der Waals surface area contributed by atoms with E-state index >= 15 is 0 Å². The maximum Gasteiger partial charge on any atom is 0.114 e. The van der Waals surface area contributed by atoms with Gasteiger partial charge < -0.3 is 24.8 Å². The van der Waals surface area contributed by atoms with Crippen molar-refractivity contribution in [2.24, 2.45) is 0 Å². The SMILES string of the molecule is C/C=C/CCCCCCCCCCCCCCO[C@@H]1[C@@H](O)[C@H](CO)OC[C@H]1O. The molecule has 1 aliphatic heterocycles. The lowest BCUT2D eigenvalue weighted by atomic mass is 10.0. The van der Waals surface area contributed by atoms with Gasteiger partial charge in [-0.25, -0.2) is 0 Å². The Morgan fingerprint density at radius 2 is 1.39 bits per heavy atom. The molecule has 0 saturated carbocycles. The quantitative estimate of drug-likeness (QED) is 0.253. The van der Waals surface area contributed by atoms with Gasteiger partial charge in [-0.05, 0) is 26.2 Å². The first kappa shape index (κ1) is 25.6. The number of allylic oxidation sites excluding steroid dienone is 2. The van der Waals surface area contributed by atoms with E-state index in [1.54, 1.807) is 0 Å². The highest BCUT2D eigenvalue weighted by molar-refractivity contribution is 4.87. The van der Waals surface area contributed by atoms with E-state index in [9.17, 15) is 10.2 Å². The molecule has 0 aromatic heterocycles. The number of ether oxygens (including phenoxy) is 2. The molecule has 0 unspecified atom stereocenters. The third-order valence-corrected chi connectivity index (χ3v) is 5.57. The normalized spacial score (nSPS) is 25.6. The topological polar surface area (TPSA) is 79.2 Å². The Hall–Kier alpha value is -0.460. The first-order chi connectivity index (χ1) is 13.7. The minimum absolute atomic E-state index is 0.100. The highest BCUT2D eigenvalue weighted by atomic mass is 16.6. The number of aliphatic hydroxyl groups is 3. The molecular formula is C23H44O5. The average molecular weight is 401 g/mol.